The van der Waals surface area contributed by atoms with Gasteiger partial charge in [0.25, 0.3) is 11.5 Å². The molecule has 1 atom stereocenters. The van der Waals surface area contributed by atoms with Crippen LogP contribution in [0, 0.1) is 5.92 Å². The molecule has 2 rings (SSSR count). The van der Waals surface area contributed by atoms with Crippen LogP contribution in [0.4, 0.5) is 0 Å². The quantitative estimate of drug-likeness (QED) is 0.696. The lowest BCUT2D eigenvalue weighted by molar-refractivity contribution is 0.0903. The Morgan fingerprint density at radius 1 is 1.48 bits per heavy atom. The van der Waals surface area contributed by atoms with Gasteiger partial charge >= 0.3 is 5.69 Å². The molecule has 1 aromatic heterocycles. The molecule has 1 aromatic rings. The summed E-state index contributed by atoms with van der Waals surface area (Å²) in [6.07, 6.45) is 6.54. The van der Waals surface area contributed by atoms with Crippen molar-refractivity contribution >= 4 is 5.91 Å². The van der Waals surface area contributed by atoms with E-state index in [1.807, 2.05) is 0 Å². The van der Waals surface area contributed by atoms with E-state index in [4.69, 9.17) is 0 Å². The van der Waals surface area contributed by atoms with Crippen molar-refractivity contribution in [2.24, 2.45) is 13.0 Å². The van der Waals surface area contributed by atoms with Crippen molar-refractivity contribution in [1.29, 1.82) is 0 Å². The largest absolute Gasteiger partial charge is 0.394 e. The molecule has 7 nitrogen and oxygen atoms in total. The van der Waals surface area contributed by atoms with Crippen LogP contribution in [0.2, 0.25) is 0 Å². The molecule has 0 spiro atoms. The van der Waals surface area contributed by atoms with Crippen molar-refractivity contribution in [3.8, 4) is 0 Å². The monoisotopic (exact) mass is 295 g/mol. The zero-order valence-electron chi connectivity index (χ0n) is 12.1. The van der Waals surface area contributed by atoms with E-state index in [1.165, 1.54) is 26.1 Å². The van der Waals surface area contributed by atoms with Crippen molar-refractivity contribution in [1.82, 2.24) is 14.9 Å². The standard InChI is InChI=1S/C14H21N3O4/c1-17-7-11(13(20)16-14(17)21)12(19)15-10(8-18)6-9-4-2-3-5-9/h7,9-10,18H,2-6,8H2,1H3,(H,15,19)(H,16,20,21)/t10-/m1/s1. The van der Waals surface area contributed by atoms with Crippen LogP contribution in [-0.4, -0.2) is 33.2 Å². The van der Waals surface area contributed by atoms with Gasteiger partial charge in [0.1, 0.15) is 5.56 Å². The van der Waals surface area contributed by atoms with Gasteiger partial charge in [0.15, 0.2) is 0 Å². The molecule has 1 aliphatic carbocycles. The minimum Gasteiger partial charge on any atom is -0.394 e. The number of carbonyl (C=O) groups excluding carboxylic acids is 1. The summed E-state index contributed by atoms with van der Waals surface area (Å²) in [7, 11) is 1.46. The first-order chi connectivity index (χ1) is 10.0. The van der Waals surface area contributed by atoms with Gasteiger partial charge in [-0.1, -0.05) is 25.7 Å². The molecule has 0 unspecified atom stereocenters. The Morgan fingerprint density at radius 2 is 2.14 bits per heavy atom. The third kappa shape index (κ3) is 3.81. The Kier molecular flexibility index (Phi) is 4.95. The lowest BCUT2D eigenvalue weighted by atomic mass is 9.98. The maximum absolute atomic E-state index is 12.1. The third-order valence-corrected chi connectivity index (χ3v) is 4.00. The van der Waals surface area contributed by atoms with Crippen molar-refractivity contribution in [3.63, 3.8) is 0 Å². The van der Waals surface area contributed by atoms with E-state index >= 15 is 0 Å². The van der Waals surface area contributed by atoms with Crippen LogP contribution in [0.1, 0.15) is 42.5 Å². The van der Waals surface area contributed by atoms with Gasteiger partial charge in [-0.25, -0.2) is 4.79 Å². The highest BCUT2D eigenvalue weighted by Gasteiger charge is 2.22. The Labute approximate surface area is 122 Å². The van der Waals surface area contributed by atoms with Gasteiger partial charge in [-0.05, 0) is 12.3 Å². The molecule has 1 amide bonds. The van der Waals surface area contributed by atoms with E-state index in [0.29, 0.717) is 12.3 Å². The summed E-state index contributed by atoms with van der Waals surface area (Å²) in [4.78, 5) is 37.1. The first-order valence-electron chi connectivity index (χ1n) is 7.23. The predicted molar refractivity (Wildman–Crippen MR) is 77.2 cm³/mol. The van der Waals surface area contributed by atoms with Gasteiger partial charge in [-0.3, -0.25) is 14.6 Å². The molecule has 0 aromatic carbocycles. The number of aliphatic hydroxyl groups excluding tert-OH is 1. The first kappa shape index (κ1) is 15.5. The van der Waals surface area contributed by atoms with Gasteiger partial charge in [-0.15, -0.1) is 0 Å². The number of aromatic amines is 1. The van der Waals surface area contributed by atoms with Crippen molar-refractivity contribution in [2.75, 3.05) is 6.61 Å². The Balaban J connectivity index is 2.06. The lowest BCUT2D eigenvalue weighted by Gasteiger charge is -2.19. The molecule has 1 aliphatic rings. The highest BCUT2D eigenvalue weighted by Crippen LogP contribution is 2.28. The average Bonchev–Trinajstić information content (AvgIpc) is 2.94. The molecule has 21 heavy (non-hydrogen) atoms. The molecular formula is C14H21N3O4. The summed E-state index contributed by atoms with van der Waals surface area (Å²) < 4.78 is 1.14. The van der Waals surface area contributed by atoms with Crippen molar-refractivity contribution in [3.05, 3.63) is 32.6 Å². The number of carbonyl (C=O) groups is 1. The minimum atomic E-state index is -0.715. The Morgan fingerprint density at radius 3 is 2.76 bits per heavy atom. The number of amides is 1. The van der Waals surface area contributed by atoms with E-state index in [-0.39, 0.29) is 18.2 Å². The molecule has 0 bridgehead atoms. The topological polar surface area (TPSA) is 104 Å². The number of nitrogens with one attached hydrogen (secondary N) is 2. The highest BCUT2D eigenvalue weighted by molar-refractivity contribution is 5.93. The van der Waals surface area contributed by atoms with Crippen LogP contribution in [-0.2, 0) is 7.05 Å². The molecule has 0 saturated heterocycles. The number of aryl methyl sites for hydroxylation is 1. The second-order valence-electron chi connectivity index (χ2n) is 5.65. The van der Waals surface area contributed by atoms with E-state index in [2.05, 4.69) is 10.3 Å². The molecule has 3 N–H and O–H groups in total. The van der Waals surface area contributed by atoms with E-state index < -0.39 is 17.2 Å². The minimum absolute atomic E-state index is 0.123. The summed E-state index contributed by atoms with van der Waals surface area (Å²) in [6, 6.07) is -0.364. The predicted octanol–water partition coefficient (Wildman–Crippen LogP) is -0.255. The van der Waals surface area contributed by atoms with Gasteiger partial charge in [-0.2, -0.15) is 0 Å². The van der Waals surface area contributed by atoms with E-state index in [9.17, 15) is 19.5 Å². The molecule has 0 aliphatic heterocycles. The second kappa shape index (κ2) is 6.71. The lowest BCUT2D eigenvalue weighted by Crippen LogP contribution is -2.42. The summed E-state index contributed by atoms with van der Waals surface area (Å²) in [5.74, 6) is -0.0511. The molecule has 1 saturated carbocycles. The molecule has 0 radical (unpaired) electrons. The van der Waals surface area contributed by atoms with Crippen molar-refractivity contribution in [2.45, 2.75) is 38.1 Å². The third-order valence-electron chi connectivity index (χ3n) is 4.00. The maximum Gasteiger partial charge on any atom is 0.328 e. The van der Waals surface area contributed by atoms with Crippen LogP contribution in [0.25, 0.3) is 0 Å². The van der Waals surface area contributed by atoms with Gasteiger partial charge in [0.2, 0.25) is 0 Å². The Hall–Kier alpha value is -1.89. The number of rotatable bonds is 5. The van der Waals surface area contributed by atoms with E-state index in [1.54, 1.807) is 0 Å². The number of hydrogen-bond donors (Lipinski definition) is 3. The number of aromatic nitrogens is 2. The molecule has 1 fully saturated rings. The fraction of sp³-hybridized carbons (Fsp3) is 0.643. The fourth-order valence-electron chi connectivity index (χ4n) is 2.82. The first-order valence-corrected chi connectivity index (χ1v) is 7.23. The van der Waals surface area contributed by atoms with Gasteiger partial charge in [0.05, 0.1) is 12.6 Å². The molecular weight excluding hydrogens is 274 g/mol. The van der Waals surface area contributed by atoms with Crippen LogP contribution in [0.5, 0.6) is 0 Å². The smallest absolute Gasteiger partial charge is 0.328 e. The van der Waals surface area contributed by atoms with E-state index in [0.717, 1.165) is 17.4 Å². The van der Waals surface area contributed by atoms with Crippen LogP contribution < -0.4 is 16.6 Å². The van der Waals surface area contributed by atoms with Gasteiger partial charge < -0.3 is 15.0 Å². The zero-order chi connectivity index (χ0) is 15.4. The number of nitrogens with zero attached hydrogens (tertiary/aromatic N) is 1. The van der Waals surface area contributed by atoms with Crippen LogP contribution >= 0.6 is 0 Å². The normalized spacial score (nSPS) is 16.9. The number of H-pyrrole nitrogens is 1. The SMILES string of the molecule is Cn1cc(C(=O)N[C@@H](CO)CC2CCCC2)c(=O)[nH]c1=O. The zero-order valence-corrected chi connectivity index (χ0v) is 12.1. The van der Waals surface area contributed by atoms with Crippen LogP contribution in [0.15, 0.2) is 15.8 Å². The number of aliphatic hydroxyl groups is 1. The van der Waals surface area contributed by atoms with Crippen LogP contribution in [0.3, 0.4) is 0 Å². The second-order valence-corrected chi connectivity index (χ2v) is 5.65. The molecule has 7 heteroatoms. The van der Waals surface area contributed by atoms with Crippen molar-refractivity contribution < 1.29 is 9.90 Å². The summed E-state index contributed by atoms with van der Waals surface area (Å²) in [5.41, 5.74) is -1.41. The highest BCUT2D eigenvalue weighted by atomic mass is 16.3. The fourth-order valence-corrected chi connectivity index (χ4v) is 2.82. The molecule has 116 valence electrons. The molecule has 1 heterocycles. The summed E-state index contributed by atoms with van der Waals surface area (Å²) >= 11 is 0. The summed E-state index contributed by atoms with van der Waals surface area (Å²) in [5, 5.41) is 12.1. The Bertz CT molecular complexity index is 613. The summed E-state index contributed by atoms with van der Waals surface area (Å²) in [6.45, 7) is -0.161. The average molecular weight is 295 g/mol. The number of hydrogen-bond acceptors (Lipinski definition) is 4. The van der Waals surface area contributed by atoms with Gasteiger partial charge in [0, 0.05) is 13.2 Å². The maximum atomic E-state index is 12.1.